The average Bonchev–Trinajstić information content (AvgIpc) is 2.70. The highest BCUT2D eigenvalue weighted by atomic mass is 19.4. The van der Waals surface area contributed by atoms with Crippen molar-refractivity contribution < 1.29 is 45.4 Å². The van der Waals surface area contributed by atoms with Crippen molar-refractivity contribution in [2.75, 3.05) is 26.3 Å². The van der Waals surface area contributed by atoms with Gasteiger partial charge in [0.2, 0.25) is 0 Å². The molecule has 0 unspecified atom stereocenters. The van der Waals surface area contributed by atoms with Crippen LogP contribution in [0.25, 0.3) is 0 Å². The molecule has 1 aromatic rings. The maximum absolute atomic E-state index is 13.0. The topological polar surface area (TPSA) is 60.4 Å². The number of hydrogen-bond donors (Lipinski definition) is 0. The first kappa shape index (κ1) is 27.7. The smallest absolute Gasteiger partial charge is 0.417 e. The van der Waals surface area contributed by atoms with E-state index in [1.165, 1.54) is 6.21 Å². The fraction of sp³-hybridized carbons (Fsp3) is 0.636. The van der Waals surface area contributed by atoms with Crippen LogP contribution in [0, 0.1) is 0 Å². The summed E-state index contributed by atoms with van der Waals surface area (Å²) in [5.41, 5.74) is -4.01. The lowest BCUT2D eigenvalue weighted by molar-refractivity contribution is -0.162. The van der Waals surface area contributed by atoms with Crippen molar-refractivity contribution in [3.05, 3.63) is 34.9 Å². The lowest BCUT2D eigenvalue weighted by Gasteiger charge is -2.33. The number of halogens is 6. The fourth-order valence-corrected chi connectivity index (χ4v) is 3.23. The van der Waals surface area contributed by atoms with Crippen molar-refractivity contribution in [3.8, 4) is 0 Å². The molecule has 1 aliphatic rings. The number of rotatable bonds is 7. The van der Waals surface area contributed by atoms with Crippen LogP contribution in [0.2, 0.25) is 0 Å². The number of carbonyl (C=O) groups excluding carboxylic acids is 1. The van der Waals surface area contributed by atoms with Gasteiger partial charge in [-0.15, -0.1) is 0 Å². The van der Waals surface area contributed by atoms with Crippen molar-refractivity contribution in [1.82, 2.24) is 4.90 Å². The third-order valence-corrected chi connectivity index (χ3v) is 4.79. The Balaban J connectivity index is 1.70. The van der Waals surface area contributed by atoms with E-state index in [4.69, 9.17) is 14.3 Å². The van der Waals surface area contributed by atoms with Crippen molar-refractivity contribution >= 4 is 12.3 Å². The summed E-state index contributed by atoms with van der Waals surface area (Å²) >= 11 is 0. The molecule has 1 fully saturated rings. The molecule has 1 aliphatic heterocycles. The monoisotopic (exact) mass is 498 g/mol. The lowest BCUT2D eigenvalue weighted by Crippen LogP contribution is -2.43. The minimum absolute atomic E-state index is 0.0145. The van der Waals surface area contributed by atoms with E-state index < -0.39 is 29.1 Å². The Labute approximate surface area is 193 Å². The van der Waals surface area contributed by atoms with Crippen molar-refractivity contribution in [2.24, 2.45) is 5.16 Å². The number of carbonyl (C=O) groups is 1. The SMILES string of the molecule is CC(C)(C)OC(=O)N1CCC(OCCON=CCc2ccc(C(F)(F)F)c(C(F)(F)F)c2)CC1. The zero-order chi connectivity index (χ0) is 25.6. The number of amides is 1. The highest BCUT2D eigenvalue weighted by Crippen LogP contribution is 2.40. The number of oxime groups is 1. The van der Waals surface area contributed by atoms with Gasteiger partial charge in [-0.05, 0) is 51.3 Å². The molecule has 1 saturated heterocycles. The zero-order valence-electron chi connectivity index (χ0n) is 19.1. The quantitative estimate of drug-likeness (QED) is 0.210. The number of ether oxygens (including phenoxy) is 2. The number of alkyl halides is 6. The van der Waals surface area contributed by atoms with Crippen molar-refractivity contribution in [1.29, 1.82) is 0 Å². The standard InChI is InChI=1S/C22H28F6N2O4/c1-20(2,3)34-19(31)30-10-7-16(8-11-30)32-12-13-33-29-9-6-15-4-5-17(21(23,24)25)18(14-15)22(26,27)28/h4-5,9,14,16H,6-8,10-13H2,1-3H3. The second-order valence-corrected chi connectivity index (χ2v) is 8.74. The van der Waals surface area contributed by atoms with Gasteiger partial charge in [0.05, 0.1) is 23.8 Å². The maximum Gasteiger partial charge on any atom is 0.417 e. The minimum atomic E-state index is -5.13. The Morgan fingerprint density at radius 2 is 1.65 bits per heavy atom. The van der Waals surface area contributed by atoms with Gasteiger partial charge in [0.15, 0.2) is 0 Å². The molecule has 0 N–H and O–H groups in total. The summed E-state index contributed by atoms with van der Waals surface area (Å²) in [4.78, 5) is 18.6. The predicted octanol–water partition coefficient (Wildman–Crippen LogP) is 5.69. The molecule has 0 atom stereocenters. The third kappa shape index (κ3) is 9.03. The molecule has 0 radical (unpaired) electrons. The van der Waals surface area contributed by atoms with E-state index in [1.54, 1.807) is 25.7 Å². The maximum atomic E-state index is 13.0. The second-order valence-electron chi connectivity index (χ2n) is 8.74. The molecule has 0 bridgehead atoms. The van der Waals surface area contributed by atoms with Gasteiger partial charge in [0, 0.05) is 25.7 Å². The van der Waals surface area contributed by atoms with E-state index in [0.29, 0.717) is 38.1 Å². The Bertz CT molecular complexity index is 841. The average molecular weight is 498 g/mol. The summed E-state index contributed by atoms with van der Waals surface area (Å²) in [5.74, 6) is 0. The number of hydrogen-bond acceptors (Lipinski definition) is 5. The Morgan fingerprint density at radius 1 is 1.03 bits per heavy atom. The van der Waals surface area contributed by atoms with Crippen molar-refractivity contribution in [3.63, 3.8) is 0 Å². The molecule has 1 aromatic carbocycles. The summed E-state index contributed by atoms with van der Waals surface area (Å²) in [6.07, 6.45) is -8.34. The van der Waals surface area contributed by atoms with Gasteiger partial charge in [-0.1, -0.05) is 11.2 Å². The van der Waals surface area contributed by atoms with Gasteiger partial charge >= 0.3 is 18.4 Å². The van der Waals surface area contributed by atoms with Gasteiger partial charge in [0.1, 0.15) is 12.2 Å². The number of likely N-dealkylation sites (tertiary alicyclic amines) is 1. The third-order valence-electron chi connectivity index (χ3n) is 4.79. The Morgan fingerprint density at radius 3 is 2.21 bits per heavy atom. The molecule has 1 heterocycles. The number of piperidine rings is 1. The van der Waals surface area contributed by atoms with Crippen LogP contribution < -0.4 is 0 Å². The molecule has 6 nitrogen and oxygen atoms in total. The largest absolute Gasteiger partial charge is 0.444 e. The summed E-state index contributed by atoms with van der Waals surface area (Å²) in [6.45, 7) is 6.71. The van der Waals surface area contributed by atoms with Gasteiger partial charge in [-0.25, -0.2) is 4.79 Å². The minimum Gasteiger partial charge on any atom is -0.444 e. The molecule has 12 heteroatoms. The summed E-state index contributed by atoms with van der Waals surface area (Å²) < 4.78 is 88.3. The van der Waals surface area contributed by atoms with Crippen LogP contribution >= 0.6 is 0 Å². The van der Waals surface area contributed by atoms with E-state index in [9.17, 15) is 31.1 Å². The molecular formula is C22H28F6N2O4. The Kier molecular flexibility index (Phi) is 9.21. The molecule has 0 saturated carbocycles. The number of nitrogens with zero attached hydrogens (tertiary/aromatic N) is 2. The van der Waals surface area contributed by atoms with Crippen LogP contribution in [0.1, 0.15) is 50.3 Å². The van der Waals surface area contributed by atoms with Gasteiger partial charge in [0.25, 0.3) is 0 Å². The normalized spacial score (nSPS) is 16.2. The van der Waals surface area contributed by atoms with Crippen LogP contribution in [0.15, 0.2) is 23.4 Å². The highest BCUT2D eigenvalue weighted by molar-refractivity contribution is 5.68. The molecule has 1 amide bonds. The molecule has 34 heavy (non-hydrogen) atoms. The van der Waals surface area contributed by atoms with E-state index in [0.717, 1.165) is 6.07 Å². The summed E-state index contributed by atoms with van der Waals surface area (Å²) in [7, 11) is 0. The first-order valence-corrected chi connectivity index (χ1v) is 10.7. The Hall–Kier alpha value is -2.50. The fourth-order valence-electron chi connectivity index (χ4n) is 3.23. The molecule has 2 rings (SSSR count). The molecular weight excluding hydrogens is 470 g/mol. The summed E-state index contributed by atoms with van der Waals surface area (Å²) in [5, 5.41) is 3.60. The van der Waals surface area contributed by atoms with Crippen LogP contribution in [0.5, 0.6) is 0 Å². The first-order valence-electron chi connectivity index (χ1n) is 10.7. The highest BCUT2D eigenvalue weighted by Gasteiger charge is 2.43. The predicted molar refractivity (Wildman–Crippen MR) is 111 cm³/mol. The van der Waals surface area contributed by atoms with Crippen LogP contribution in [-0.2, 0) is 33.1 Å². The van der Waals surface area contributed by atoms with E-state index in [-0.39, 0.29) is 37.4 Å². The second kappa shape index (κ2) is 11.3. The molecule has 0 spiro atoms. The lowest BCUT2D eigenvalue weighted by atomic mass is 10.0. The molecule has 192 valence electrons. The van der Waals surface area contributed by atoms with Crippen LogP contribution in [0.4, 0.5) is 31.1 Å². The molecule has 0 aromatic heterocycles. The van der Waals surface area contributed by atoms with Gasteiger partial charge in [-0.2, -0.15) is 26.3 Å². The van der Waals surface area contributed by atoms with Crippen LogP contribution in [0.3, 0.4) is 0 Å². The van der Waals surface area contributed by atoms with Crippen molar-refractivity contribution in [2.45, 2.75) is 64.1 Å². The number of benzene rings is 1. The van der Waals surface area contributed by atoms with Gasteiger partial charge < -0.3 is 19.2 Å². The van der Waals surface area contributed by atoms with E-state index in [2.05, 4.69) is 5.16 Å². The van der Waals surface area contributed by atoms with Crippen LogP contribution in [-0.4, -0.2) is 55.2 Å². The molecule has 0 aliphatic carbocycles. The zero-order valence-corrected chi connectivity index (χ0v) is 19.1. The summed E-state index contributed by atoms with van der Waals surface area (Å²) in [6, 6.07) is 1.84. The first-order chi connectivity index (χ1) is 15.7. The van der Waals surface area contributed by atoms with E-state index in [1.807, 2.05) is 0 Å². The van der Waals surface area contributed by atoms with Gasteiger partial charge in [-0.3, -0.25) is 0 Å². The van der Waals surface area contributed by atoms with E-state index >= 15 is 0 Å².